The summed E-state index contributed by atoms with van der Waals surface area (Å²) in [6, 6.07) is 8.04. The summed E-state index contributed by atoms with van der Waals surface area (Å²) in [5, 5.41) is 13.7. The lowest BCUT2D eigenvalue weighted by molar-refractivity contribution is -0.684. The molecule has 1 N–H and O–H groups in total. The van der Waals surface area contributed by atoms with Gasteiger partial charge in [0, 0.05) is 31.9 Å². The van der Waals surface area contributed by atoms with Crippen LogP contribution >= 0.6 is 0 Å². The van der Waals surface area contributed by atoms with Crippen LogP contribution < -0.4 is 19.5 Å². The lowest BCUT2D eigenvalue weighted by atomic mass is 10.2. The molecule has 1 aromatic heterocycles. The lowest BCUT2D eigenvalue weighted by Gasteiger charge is -2.10. The topological polar surface area (TPSA) is 88.6 Å². The van der Waals surface area contributed by atoms with Crippen molar-refractivity contribution in [3.63, 3.8) is 0 Å². The van der Waals surface area contributed by atoms with Gasteiger partial charge in [0.25, 0.3) is 11.6 Å². The second-order valence-corrected chi connectivity index (χ2v) is 5.31. The Morgan fingerprint density at radius 2 is 1.96 bits per heavy atom. The largest absolute Gasteiger partial charge is 0.496 e. The Morgan fingerprint density at radius 1 is 1.29 bits per heavy atom. The zero-order valence-corrected chi connectivity index (χ0v) is 13.7. The SMILES string of the molecule is COc1ccc(NC(=O)C[n+]2ccc(N(C)C)cc2)c([N+](=O)[O-])c1. The number of nitro groups is 1. The van der Waals surface area contributed by atoms with Gasteiger partial charge in [-0.25, -0.2) is 0 Å². The summed E-state index contributed by atoms with van der Waals surface area (Å²) in [5.74, 6) is -0.000724. The third kappa shape index (κ3) is 4.19. The second kappa shape index (κ2) is 7.40. The number of pyridine rings is 1. The van der Waals surface area contributed by atoms with Crippen molar-refractivity contribution in [2.45, 2.75) is 6.54 Å². The van der Waals surface area contributed by atoms with E-state index in [9.17, 15) is 14.9 Å². The Kier molecular flexibility index (Phi) is 5.31. The highest BCUT2D eigenvalue weighted by molar-refractivity contribution is 5.92. The van der Waals surface area contributed by atoms with Crippen LogP contribution in [0.15, 0.2) is 42.7 Å². The van der Waals surface area contributed by atoms with Crippen molar-refractivity contribution in [1.82, 2.24) is 0 Å². The van der Waals surface area contributed by atoms with Crippen LogP contribution in [-0.4, -0.2) is 32.0 Å². The Hall–Kier alpha value is -3.16. The molecule has 1 aromatic carbocycles. The van der Waals surface area contributed by atoms with Gasteiger partial charge in [0.1, 0.15) is 11.4 Å². The third-order valence-corrected chi connectivity index (χ3v) is 3.39. The minimum absolute atomic E-state index is 0.0525. The molecule has 0 bridgehead atoms. The van der Waals surface area contributed by atoms with Gasteiger partial charge in [-0.2, -0.15) is 4.57 Å². The van der Waals surface area contributed by atoms with Crippen molar-refractivity contribution in [3.8, 4) is 5.75 Å². The van der Waals surface area contributed by atoms with Crippen LogP contribution in [0.1, 0.15) is 0 Å². The molecule has 0 aliphatic heterocycles. The Balaban J connectivity index is 2.10. The van der Waals surface area contributed by atoms with E-state index in [4.69, 9.17) is 4.74 Å². The minimum atomic E-state index is -0.558. The first-order valence-corrected chi connectivity index (χ1v) is 7.19. The summed E-state index contributed by atoms with van der Waals surface area (Å²) in [6.07, 6.45) is 3.55. The summed E-state index contributed by atoms with van der Waals surface area (Å²) in [6.45, 7) is 0.0525. The van der Waals surface area contributed by atoms with Crippen LogP contribution in [0.25, 0.3) is 0 Å². The molecule has 2 rings (SSSR count). The van der Waals surface area contributed by atoms with Gasteiger partial charge in [0.05, 0.1) is 18.1 Å². The predicted molar refractivity (Wildman–Crippen MR) is 89.2 cm³/mol. The summed E-state index contributed by atoms with van der Waals surface area (Å²) in [7, 11) is 5.27. The van der Waals surface area contributed by atoms with E-state index in [0.717, 1.165) is 5.69 Å². The van der Waals surface area contributed by atoms with Crippen molar-refractivity contribution >= 4 is 23.0 Å². The van der Waals surface area contributed by atoms with Gasteiger partial charge in [-0.1, -0.05) is 0 Å². The van der Waals surface area contributed by atoms with Gasteiger partial charge in [-0.3, -0.25) is 14.9 Å². The van der Waals surface area contributed by atoms with E-state index in [1.54, 1.807) is 23.0 Å². The monoisotopic (exact) mass is 331 g/mol. The number of nitrogens with one attached hydrogen (secondary N) is 1. The summed E-state index contributed by atoms with van der Waals surface area (Å²) in [5.41, 5.74) is 0.935. The van der Waals surface area contributed by atoms with Crippen LogP contribution in [-0.2, 0) is 11.3 Å². The maximum atomic E-state index is 12.1. The number of aromatic nitrogens is 1. The maximum Gasteiger partial charge on any atom is 0.296 e. The first-order valence-electron chi connectivity index (χ1n) is 7.19. The first kappa shape index (κ1) is 17.2. The van der Waals surface area contributed by atoms with Crippen LogP contribution in [0.4, 0.5) is 17.1 Å². The average Bonchev–Trinajstić information content (AvgIpc) is 2.55. The van der Waals surface area contributed by atoms with Gasteiger partial charge in [-0.15, -0.1) is 0 Å². The molecule has 0 fully saturated rings. The number of anilines is 2. The molecule has 0 radical (unpaired) electrons. The molecule has 2 aromatic rings. The molecule has 0 aliphatic carbocycles. The van der Waals surface area contributed by atoms with Crippen molar-refractivity contribution in [1.29, 1.82) is 0 Å². The molecule has 126 valence electrons. The number of carbonyl (C=O) groups excluding carboxylic acids is 1. The molecule has 0 saturated carbocycles. The highest BCUT2D eigenvalue weighted by Gasteiger charge is 2.19. The smallest absolute Gasteiger partial charge is 0.296 e. The fraction of sp³-hybridized carbons (Fsp3) is 0.250. The standard InChI is InChI=1S/C16H18N4O4/c1-18(2)12-6-8-19(9-7-12)11-16(21)17-14-5-4-13(24-3)10-15(14)20(22)23/h4-10H,11H2,1-3H3/p+1. The molecule has 0 saturated heterocycles. The van der Waals surface area contributed by atoms with Crippen LogP contribution in [0, 0.1) is 10.1 Å². The summed E-state index contributed by atoms with van der Waals surface area (Å²) >= 11 is 0. The van der Waals surface area contributed by atoms with Gasteiger partial charge in [0.2, 0.25) is 6.54 Å². The quantitative estimate of drug-likeness (QED) is 0.493. The highest BCUT2D eigenvalue weighted by atomic mass is 16.6. The van der Waals surface area contributed by atoms with E-state index in [-0.39, 0.29) is 23.8 Å². The normalized spacial score (nSPS) is 10.1. The lowest BCUT2D eigenvalue weighted by Crippen LogP contribution is -2.39. The molecule has 1 amide bonds. The number of nitro benzene ring substituents is 1. The number of methoxy groups -OCH3 is 1. The van der Waals surface area contributed by atoms with Crippen molar-refractivity contribution in [2.75, 3.05) is 31.4 Å². The molecule has 0 unspecified atom stereocenters. The zero-order chi connectivity index (χ0) is 17.7. The van der Waals surface area contributed by atoms with Gasteiger partial charge >= 0.3 is 0 Å². The Morgan fingerprint density at radius 3 is 2.50 bits per heavy atom. The van der Waals surface area contributed by atoms with Crippen LogP contribution in [0.5, 0.6) is 5.75 Å². The zero-order valence-electron chi connectivity index (χ0n) is 13.7. The maximum absolute atomic E-state index is 12.1. The number of nitrogens with zero attached hydrogens (tertiary/aromatic N) is 3. The Bertz CT molecular complexity index is 744. The van der Waals surface area contributed by atoms with Crippen molar-refractivity contribution in [2.24, 2.45) is 0 Å². The number of rotatable bonds is 6. The first-order chi connectivity index (χ1) is 11.4. The number of benzene rings is 1. The molecule has 24 heavy (non-hydrogen) atoms. The highest BCUT2D eigenvalue weighted by Crippen LogP contribution is 2.28. The predicted octanol–water partition coefficient (Wildman–Crippen LogP) is 1.60. The van der Waals surface area contributed by atoms with E-state index in [1.807, 2.05) is 31.1 Å². The molecular formula is C16H19N4O4+. The number of amides is 1. The molecule has 0 spiro atoms. The van der Waals surface area contributed by atoms with Crippen molar-refractivity contribution in [3.05, 3.63) is 52.8 Å². The number of hydrogen-bond acceptors (Lipinski definition) is 5. The minimum Gasteiger partial charge on any atom is -0.496 e. The average molecular weight is 331 g/mol. The van der Waals surface area contributed by atoms with Crippen molar-refractivity contribution < 1.29 is 19.0 Å². The van der Waals surface area contributed by atoms with Crippen LogP contribution in [0.3, 0.4) is 0 Å². The molecule has 0 atom stereocenters. The summed E-state index contributed by atoms with van der Waals surface area (Å²) in [4.78, 5) is 24.6. The van der Waals surface area contributed by atoms with Crippen LogP contribution in [0.2, 0.25) is 0 Å². The van der Waals surface area contributed by atoms with E-state index < -0.39 is 4.92 Å². The fourth-order valence-electron chi connectivity index (χ4n) is 2.10. The van der Waals surface area contributed by atoms with Gasteiger partial charge in [0.15, 0.2) is 12.4 Å². The van der Waals surface area contributed by atoms with E-state index in [1.165, 1.54) is 19.2 Å². The summed E-state index contributed by atoms with van der Waals surface area (Å²) < 4.78 is 6.66. The second-order valence-electron chi connectivity index (χ2n) is 5.31. The van der Waals surface area contributed by atoms with Gasteiger partial charge < -0.3 is 15.0 Å². The van der Waals surface area contributed by atoms with Gasteiger partial charge in [-0.05, 0) is 12.1 Å². The molecule has 0 aliphatic rings. The third-order valence-electron chi connectivity index (χ3n) is 3.39. The van der Waals surface area contributed by atoms with E-state index >= 15 is 0 Å². The molecular weight excluding hydrogens is 312 g/mol. The molecule has 8 nitrogen and oxygen atoms in total. The number of hydrogen-bond donors (Lipinski definition) is 1. The Labute approximate surface area is 139 Å². The fourth-order valence-corrected chi connectivity index (χ4v) is 2.10. The van der Waals surface area contributed by atoms with E-state index in [2.05, 4.69) is 5.32 Å². The number of ether oxygens (including phenoxy) is 1. The van der Waals surface area contributed by atoms with E-state index in [0.29, 0.717) is 5.75 Å². The number of carbonyl (C=O) groups is 1. The molecule has 8 heteroatoms. The molecule has 1 heterocycles.